The molecule has 5 nitrogen and oxygen atoms in total. The average Bonchev–Trinajstić information content (AvgIpc) is 2.49. The van der Waals surface area contributed by atoms with Gasteiger partial charge in [-0.25, -0.2) is 0 Å². The second-order valence-electron chi connectivity index (χ2n) is 5.61. The number of nitrogens with two attached hydrogens (primary N) is 1. The first-order valence-electron chi connectivity index (χ1n) is 7.92. The van der Waals surface area contributed by atoms with Crippen LogP contribution in [-0.2, 0) is 9.53 Å². The van der Waals surface area contributed by atoms with Gasteiger partial charge in [0.05, 0.1) is 6.54 Å². The summed E-state index contributed by atoms with van der Waals surface area (Å²) < 4.78 is 4.97. The van der Waals surface area contributed by atoms with Crippen molar-refractivity contribution in [2.45, 2.75) is 45.1 Å². The van der Waals surface area contributed by atoms with Gasteiger partial charge < -0.3 is 15.8 Å². The van der Waals surface area contributed by atoms with Crippen LogP contribution in [0.1, 0.15) is 39.0 Å². The van der Waals surface area contributed by atoms with E-state index >= 15 is 0 Å². The Kier molecular flexibility index (Phi) is 8.82. The van der Waals surface area contributed by atoms with Crippen molar-refractivity contribution in [1.82, 2.24) is 10.2 Å². The van der Waals surface area contributed by atoms with Gasteiger partial charge in [0.25, 0.3) is 0 Å². The van der Waals surface area contributed by atoms with Crippen molar-refractivity contribution >= 4 is 5.91 Å². The first-order chi connectivity index (χ1) is 9.72. The zero-order valence-corrected chi connectivity index (χ0v) is 13.1. The molecular formula is C15H31N3O2. The molecular weight excluding hydrogens is 254 g/mol. The molecule has 0 aliphatic heterocycles. The highest BCUT2D eigenvalue weighted by atomic mass is 16.5. The quantitative estimate of drug-likeness (QED) is 0.620. The maximum absolute atomic E-state index is 12.0. The van der Waals surface area contributed by atoms with Crippen LogP contribution in [0.5, 0.6) is 0 Å². The minimum atomic E-state index is 0.115. The fraction of sp³-hybridized carbons (Fsp3) is 0.933. The number of methoxy groups -OCH3 is 1. The molecule has 5 heteroatoms. The number of nitrogens with zero attached hydrogens (tertiary/aromatic N) is 1. The second-order valence-corrected chi connectivity index (χ2v) is 5.61. The number of nitrogens with one attached hydrogen (secondary N) is 1. The van der Waals surface area contributed by atoms with Crippen molar-refractivity contribution in [2.24, 2.45) is 11.7 Å². The Balaban J connectivity index is 2.38. The number of carbonyl (C=O) groups excluding carboxylic acids is 1. The summed E-state index contributed by atoms with van der Waals surface area (Å²) in [5.74, 6) is 0.661. The molecule has 0 aromatic rings. The third kappa shape index (κ3) is 5.77. The van der Waals surface area contributed by atoms with Crippen LogP contribution in [0.15, 0.2) is 0 Å². The smallest absolute Gasteiger partial charge is 0.234 e. The predicted molar refractivity (Wildman–Crippen MR) is 81.6 cm³/mol. The third-order valence-corrected chi connectivity index (χ3v) is 4.24. The van der Waals surface area contributed by atoms with Crippen LogP contribution in [0.4, 0.5) is 0 Å². The molecule has 1 rings (SSSR count). The van der Waals surface area contributed by atoms with Gasteiger partial charge in [-0.1, -0.05) is 19.8 Å². The van der Waals surface area contributed by atoms with Gasteiger partial charge in [0, 0.05) is 26.3 Å². The van der Waals surface area contributed by atoms with E-state index in [2.05, 4.69) is 17.1 Å². The summed E-state index contributed by atoms with van der Waals surface area (Å²) in [6.45, 7) is 5.64. The van der Waals surface area contributed by atoms with Gasteiger partial charge in [0.1, 0.15) is 0 Å². The number of hydrogen-bond acceptors (Lipinski definition) is 4. The van der Waals surface area contributed by atoms with Gasteiger partial charge in [-0.2, -0.15) is 0 Å². The molecule has 1 amide bonds. The van der Waals surface area contributed by atoms with E-state index in [-0.39, 0.29) is 5.91 Å². The molecule has 2 unspecified atom stereocenters. The molecule has 1 aliphatic carbocycles. The normalized spacial score (nSPS) is 23.0. The first kappa shape index (κ1) is 17.4. The number of likely N-dealkylation sites (N-methyl/N-ethyl adjacent to an activating group) is 1. The molecule has 0 bridgehead atoms. The molecule has 0 radical (unpaired) electrons. The molecule has 0 saturated heterocycles. The minimum Gasteiger partial charge on any atom is -0.385 e. The summed E-state index contributed by atoms with van der Waals surface area (Å²) in [6, 6.07) is 0.475. The molecule has 0 spiro atoms. The number of ether oxygens (including phenoxy) is 1. The monoisotopic (exact) mass is 285 g/mol. The fourth-order valence-corrected chi connectivity index (χ4v) is 3.09. The minimum absolute atomic E-state index is 0.115. The van der Waals surface area contributed by atoms with E-state index < -0.39 is 0 Å². The van der Waals surface area contributed by atoms with Gasteiger partial charge >= 0.3 is 0 Å². The largest absolute Gasteiger partial charge is 0.385 e. The van der Waals surface area contributed by atoms with Crippen molar-refractivity contribution in [1.29, 1.82) is 0 Å². The topological polar surface area (TPSA) is 67.6 Å². The van der Waals surface area contributed by atoms with Gasteiger partial charge in [0.2, 0.25) is 5.91 Å². The lowest BCUT2D eigenvalue weighted by Crippen LogP contribution is -2.49. The standard InChI is InChI=1S/C15H31N3O2/c1-3-18(12-15(19)17-9-6-10-20-2)14-8-5-4-7-13(14)11-16/h13-14H,3-12,16H2,1-2H3,(H,17,19). The predicted octanol–water partition coefficient (Wildman–Crippen LogP) is 0.979. The van der Waals surface area contributed by atoms with Crippen molar-refractivity contribution in [2.75, 3.05) is 39.9 Å². The highest BCUT2D eigenvalue weighted by molar-refractivity contribution is 5.78. The molecule has 20 heavy (non-hydrogen) atoms. The van der Waals surface area contributed by atoms with E-state index in [0.717, 1.165) is 19.5 Å². The van der Waals surface area contributed by atoms with Crippen LogP contribution in [0, 0.1) is 5.92 Å². The van der Waals surface area contributed by atoms with Gasteiger partial charge in [-0.15, -0.1) is 0 Å². The van der Waals surface area contributed by atoms with Crippen LogP contribution in [-0.4, -0.2) is 56.7 Å². The lowest BCUT2D eigenvalue weighted by atomic mass is 9.83. The third-order valence-electron chi connectivity index (χ3n) is 4.24. The Hall–Kier alpha value is -0.650. The van der Waals surface area contributed by atoms with Gasteiger partial charge in [-0.05, 0) is 38.3 Å². The van der Waals surface area contributed by atoms with Crippen LogP contribution in [0.25, 0.3) is 0 Å². The number of amides is 1. The van der Waals surface area contributed by atoms with E-state index in [1.165, 1.54) is 25.7 Å². The summed E-state index contributed by atoms with van der Waals surface area (Å²) >= 11 is 0. The summed E-state index contributed by atoms with van der Waals surface area (Å²) in [7, 11) is 1.68. The molecule has 1 aliphatic rings. The first-order valence-corrected chi connectivity index (χ1v) is 7.92. The van der Waals surface area contributed by atoms with E-state index in [1.807, 2.05) is 0 Å². The number of hydrogen-bond donors (Lipinski definition) is 2. The Morgan fingerprint density at radius 3 is 2.80 bits per heavy atom. The van der Waals surface area contributed by atoms with E-state index in [9.17, 15) is 4.79 Å². The van der Waals surface area contributed by atoms with Gasteiger partial charge in [-0.3, -0.25) is 9.69 Å². The summed E-state index contributed by atoms with van der Waals surface area (Å²) in [5.41, 5.74) is 5.89. The molecule has 3 N–H and O–H groups in total. The highest BCUT2D eigenvalue weighted by Crippen LogP contribution is 2.27. The Labute approximate surface area is 123 Å². The second kappa shape index (κ2) is 10.1. The number of rotatable bonds is 9. The molecule has 1 saturated carbocycles. The maximum atomic E-state index is 12.0. The van der Waals surface area contributed by atoms with E-state index in [1.54, 1.807) is 7.11 Å². The fourth-order valence-electron chi connectivity index (χ4n) is 3.09. The lowest BCUT2D eigenvalue weighted by Gasteiger charge is -2.38. The number of carbonyl (C=O) groups is 1. The molecule has 0 heterocycles. The highest BCUT2D eigenvalue weighted by Gasteiger charge is 2.29. The summed E-state index contributed by atoms with van der Waals surface area (Å²) in [5, 5.41) is 2.96. The Morgan fingerprint density at radius 2 is 2.15 bits per heavy atom. The molecule has 2 atom stereocenters. The van der Waals surface area contributed by atoms with Crippen LogP contribution >= 0.6 is 0 Å². The van der Waals surface area contributed by atoms with Crippen molar-refractivity contribution in [3.05, 3.63) is 0 Å². The lowest BCUT2D eigenvalue weighted by molar-refractivity contribution is -0.123. The summed E-state index contributed by atoms with van der Waals surface area (Å²) in [6.07, 6.45) is 5.77. The molecule has 0 aromatic heterocycles. The van der Waals surface area contributed by atoms with E-state index in [4.69, 9.17) is 10.5 Å². The zero-order chi connectivity index (χ0) is 14.8. The average molecular weight is 285 g/mol. The van der Waals surface area contributed by atoms with Crippen molar-refractivity contribution < 1.29 is 9.53 Å². The zero-order valence-electron chi connectivity index (χ0n) is 13.1. The molecule has 0 aromatic carbocycles. The Morgan fingerprint density at radius 1 is 1.40 bits per heavy atom. The Bertz CT molecular complexity index is 274. The van der Waals surface area contributed by atoms with Crippen LogP contribution in [0.3, 0.4) is 0 Å². The van der Waals surface area contributed by atoms with Crippen molar-refractivity contribution in [3.8, 4) is 0 Å². The van der Waals surface area contributed by atoms with Crippen molar-refractivity contribution in [3.63, 3.8) is 0 Å². The molecule has 1 fully saturated rings. The van der Waals surface area contributed by atoms with E-state index in [0.29, 0.717) is 31.7 Å². The summed E-state index contributed by atoms with van der Waals surface area (Å²) in [4.78, 5) is 14.3. The SMILES string of the molecule is CCN(CC(=O)NCCCOC)C1CCCCC1CN. The van der Waals surface area contributed by atoms with Crippen LogP contribution < -0.4 is 11.1 Å². The maximum Gasteiger partial charge on any atom is 0.234 e. The molecule has 118 valence electrons. The van der Waals surface area contributed by atoms with Gasteiger partial charge in [0.15, 0.2) is 0 Å². The van der Waals surface area contributed by atoms with Crippen LogP contribution in [0.2, 0.25) is 0 Å².